The van der Waals surface area contributed by atoms with E-state index in [1.807, 2.05) is 17.8 Å². The van der Waals surface area contributed by atoms with Crippen molar-refractivity contribution in [1.29, 1.82) is 0 Å². The zero-order valence-electron chi connectivity index (χ0n) is 17.8. The van der Waals surface area contributed by atoms with Gasteiger partial charge in [0.25, 0.3) is 6.43 Å². The molecule has 2 aromatic rings. The van der Waals surface area contributed by atoms with Gasteiger partial charge in [-0.05, 0) is 61.3 Å². The van der Waals surface area contributed by atoms with Crippen molar-refractivity contribution in [3.05, 3.63) is 40.1 Å². The second-order valence-corrected chi connectivity index (χ2v) is 9.98. The molecule has 5 rings (SSSR count). The average molecular weight is 447 g/mol. The van der Waals surface area contributed by atoms with Gasteiger partial charge in [0.1, 0.15) is 0 Å². The summed E-state index contributed by atoms with van der Waals surface area (Å²) in [7, 11) is 0. The first kappa shape index (κ1) is 20.8. The van der Waals surface area contributed by atoms with Crippen LogP contribution in [0.2, 0.25) is 0 Å². The van der Waals surface area contributed by atoms with Gasteiger partial charge in [0.05, 0.1) is 12.6 Å². The fourth-order valence-corrected chi connectivity index (χ4v) is 6.30. The van der Waals surface area contributed by atoms with E-state index in [2.05, 4.69) is 9.58 Å². The number of aromatic nitrogens is 2. The lowest BCUT2D eigenvalue weighted by molar-refractivity contribution is -0.118. The minimum absolute atomic E-state index is 0.0952. The highest BCUT2D eigenvalue weighted by Crippen LogP contribution is 2.41. The first-order chi connectivity index (χ1) is 15.1. The first-order valence-corrected chi connectivity index (χ1v) is 12.3. The Hall–Kier alpha value is -2.09. The molecule has 4 heterocycles. The van der Waals surface area contributed by atoms with E-state index in [1.54, 1.807) is 17.9 Å². The number of aryl methyl sites for hydroxylation is 2. The molecular weight excluding hydrogens is 418 g/mol. The summed E-state index contributed by atoms with van der Waals surface area (Å²) in [6, 6.07) is 3.96. The second-order valence-electron chi connectivity index (χ2n) is 8.76. The fraction of sp³-hybridized carbons (Fsp3) is 0.565. The Morgan fingerprint density at radius 1 is 1.19 bits per heavy atom. The number of benzene rings is 1. The van der Waals surface area contributed by atoms with E-state index in [-0.39, 0.29) is 5.56 Å². The Bertz CT molecular complexity index is 986. The summed E-state index contributed by atoms with van der Waals surface area (Å²) in [6.07, 6.45) is 3.25. The summed E-state index contributed by atoms with van der Waals surface area (Å²) >= 11 is 1.99. The number of hydrogen-bond acceptors (Lipinski definition) is 4. The van der Waals surface area contributed by atoms with Crippen molar-refractivity contribution in [3.8, 4) is 0 Å². The molecule has 3 aliphatic rings. The highest BCUT2D eigenvalue weighted by molar-refractivity contribution is 7.99. The maximum Gasteiger partial charge on any atom is 0.264 e. The lowest BCUT2D eigenvalue weighted by atomic mass is 9.95. The first-order valence-electron chi connectivity index (χ1n) is 11.1. The van der Waals surface area contributed by atoms with Crippen LogP contribution in [0.25, 0.3) is 0 Å². The minimum Gasteiger partial charge on any atom is -0.340 e. The number of carbonyl (C=O) groups excluding carboxylic acids is 1. The van der Waals surface area contributed by atoms with Crippen LogP contribution in [-0.2, 0) is 24.2 Å². The molecule has 0 bridgehead atoms. The molecule has 1 saturated heterocycles. The highest BCUT2D eigenvalue weighted by atomic mass is 32.2. The molecule has 0 aliphatic carbocycles. The van der Waals surface area contributed by atoms with Crippen LogP contribution in [0.4, 0.5) is 20.3 Å². The number of anilines is 2. The highest BCUT2D eigenvalue weighted by Gasteiger charge is 2.33. The van der Waals surface area contributed by atoms with E-state index in [4.69, 9.17) is 5.10 Å². The summed E-state index contributed by atoms with van der Waals surface area (Å²) < 4.78 is 29.5. The normalized spacial score (nSPS) is 19.5. The molecule has 8 heteroatoms. The number of halogens is 2. The standard InChI is InChI=1S/C23H28F2N4OS/c1-15-11-16-3-2-7-28(21(16)12-18(15)22(24)25)23-19-13-27(14-30)8-4-20(19)29(26-23)17-5-9-31-10-6-17/h11-12,14,17,22H,2-10,13H2,1H3. The largest absolute Gasteiger partial charge is 0.340 e. The van der Waals surface area contributed by atoms with Gasteiger partial charge in [-0.15, -0.1) is 0 Å². The van der Waals surface area contributed by atoms with Gasteiger partial charge < -0.3 is 9.80 Å². The van der Waals surface area contributed by atoms with E-state index in [9.17, 15) is 13.6 Å². The Balaban J connectivity index is 1.62. The average Bonchev–Trinajstić information content (AvgIpc) is 3.17. The Morgan fingerprint density at radius 2 is 2.00 bits per heavy atom. The molecule has 1 amide bonds. The molecule has 0 unspecified atom stereocenters. The van der Waals surface area contributed by atoms with E-state index >= 15 is 0 Å². The third-order valence-corrected chi connectivity index (χ3v) is 7.91. The third-order valence-electron chi connectivity index (χ3n) is 6.86. The van der Waals surface area contributed by atoms with Crippen molar-refractivity contribution in [2.45, 2.75) is 58.0 Å². The molecule has 3 aliphatic heterocycles. The van der Waals surface area contributed by atoms with Gasteiger partial charge >= 0.3 is 0 Å². The van der Waals surface area contributed by atoms with Gasteiger partial charge in [-0.1, -0.05) is 6.07 Å². The lowest BCUT2D eigenvalue weighted by Gasteiger charge is -2.32. The summed E-state index contributed by atoms with van der Waals surface area (Å²) in [5.41, 5.74) is 5.00. The summed E-state index contributed by atoms with van der Waals surface area (Å²) in [4.78, 5) is 15.4. The van der Waals surface area contributed by atoms with E-state index < -0.39 is 6.43 Å². The molecule has 1 aromatic heterocycles. The number of alkyl halides is 2. The van der Waals surface area contributed by atoms with Crippen LogP contribution in [-0.4, -0.2) is 45.7 Å². The van der Waals surface area contributed by atoms with Crippen LogP contribution in [0.5, 0.6) is 0 Å². The Kier molecular flexibility index (Phi) is 5.67. The Labute approximate surface area is 185 Å². The molecule has 1 aromatic carbocycles. The van der Waals surface area contributed by atoms with Crippen LogP contribution in [0.1, 0.15) is 59.7 Å². The summed E-state index contributed by atoms with van der Waals surface area (Å²) in [6.45, 7) is 3.76. The zero-order valence-corrected chi connectivity index (χ0v) is 18.6. The van der Waals surface area contributed by atoms with Crippen molar-refractivity contribution in [2.24, 2.45) is 0 Å². The molecule has 1 fully saturated rings. The van der Waals surface area contributed by atoms with Gasteiger partial charge in [0, 0.05) is 42.0 Å². The molecular formula is C23H28F2N4OS. The fourth-order valence-electron chi connectivity index (χ4n) is 5.21. The monoisotopic (exact) mass is 446 g/mol. The molecule has 0 spiro atoms. The SMILES string of the molecule is Cc1cc2c(cc1C(F)F)N(c1nn(C3CCSCC3)c3c1CN(C=O)CC3)CCC2. The molecule has 0 radical (unpaired) electrons. The van der Waals surface area contributed by atoms with Gasteiger partial charge in [-0.3, -0.25) is 9.48 Å². The molecule has 0 N–H and O–H groups in total. The van der Waals surface area contributed by atoms with Crippen molar-refractivity contribution in [3.63, 3.8) is 0 Å². The van der Waals surface area contributed by atoms with Crippen molar-refractivity contribution >= 4 is 29.7 Å². The number of thioether (sulfide) groups is 1. The maximum atomic E-state index is 13.7. The minimum atomic E-state index is -2.49. The van der Waals surface area contributed by atoms with Crippen LogP contribution in [0, 0.1) is 6.92 Å². The number of amides is 1. The van der Waals surface area contributed by atoms with Crippen molar-refractivity contribution in [2.75, 3.05) is 29.5 Å². The third kappa shape index (κ3) is 3.73. The van der Waals surface area contributed by atoms with Crippen LogP contribution >= 0.6 is 11.8 Å². The van der Waals surface area contributed by atoms with E-state index in [1.165, 1.54) is 5.69 Å². The molecule has 166 valence electrons. The predicted octanol–water partition coefficient (Wildman–Crippen LogP) is 4.80. The second kappa shape index (κ2) is 8.45. The molecule has 31 heavy (non-hydrogen) atoms. The topological polar surface area (TPSA) is 41.4 Å². The molecule has 5 nitrogen and oxygen atoms in total. The summed E-state index contributed by atoms with van der Waals surface area (Å²) in [5, 5.41) is 5.11. The van der Waals surface area contributed by atoms with E-state index in [0.717, 1.165) is 79.2 Å². The quantitative estimate of drug-likeness (QED) is 0.633. The molecule has 0 atom stereocenters. The van der Waals surface area contributed by atoms with Gasteiger partial charge in [-0.25, -0.2) is 8.78 Å². The van der Waals surface area contributed by atoms with Gasteiger partial charge in [0.15, 0.2) is 5.82 Å². The zero-order chi connectivity index (χ0) is 21.5. The van der Waals surface area contributed by atoms with Crippen LogP contribution in [0.15, 0.2) is 12.1 Å². The summed E-state index contributed by atoms with van der Waals surface area (Å²) in [5.74, 6) is 3.13. The van der Waals surface area contributed by atoms with E-state index in [0.29, 0.717) is 24.7 Å². The maximum absolute atomic E-state index is 13.7. The number of carbonyl (C=O) groups is 1. The number of hydrogen-bond donors (Lipinski definition) is 0. The van der Waals surface area contributed by atoms with Crippen LogP contribution < -0.4 is 4.90 Å². The van der Waals surface area contributed by atoms with Gasteiger partial charge in [0.2, 0.25) is 6.41 Å². The number of rotatable bonds is 4. The predicted molar refractivity (Wildman–Crippen MR) is 119 cm³/mol. The Morgan fingerprint density at radius 3 is 2.74 bits per heavy atom. The van der Waals surface area contributed by atoms with Crippen molar-refractivity contribution < 1.29 is 13.6 Å². The van der Waals surface area contributed by atoms with Crippen LogP contribution in [0.3, 0.4) is 0 Å². The smallest absolute Gasteiger partial charge is 0.264 e. The lowest BCUT2D eigenvalue weighted by Crippen LogP contribution is -2.32. The van der Waals surface area contributed by atoms with Crippen molar-refractivity contribution in [1.82, 2.24) is 14.7 Å². The molecule has 0 saturated carbocycles. The number of nitrogens with zero attached hydrogens (tertiary/aromatic N) is 4. The number of fused-ring (bicyclic) bond motifs is 2. The van der Waals surface area contributed by atoms with Gasteiger partial charge in [-0.2, -0.15) is 16.9 Å².